The molecule has 0 aromatic heterocycles. The van der Waals surface area contributed by atoms with Crippen LogP contribution in [0.15, 0.2) is 40.5 Å². The van der Waals surface area contributed by atoms with Crippen molar-refractivity contribution in [2.24, 2.45) is 4.99 Å². The van der Waals surface area contributed by atoms with Gasteiger partial charge in [-0.2, -0.15) is 0 Å². The first-order valence-corrected chi connectivity index (χ1v) is 8.85. The molecule has 1 fully saturated rings. The molecule has 2 aliphatic heterocycles. The summed E-state index contributed by atoms with van der Waals surface area (Å²) in [4.78, 5) is 31.3. The van der Waals surface area contributed by atoms with E-state index in [4.69, 9.17) is 4.74 Å². The lowest BCUT2D eigenvalue weighted by molar-refractivity contribution is -0.139. The molecule has 0 N–H and O–H groups in total. The molecule has 3 rings (SSSR count). The Morgan fingerprint density at radius 3 is 2.58 bits per heavy atom. The highest BCUT2D eigenvalue weighted by atomic mass is 32.2. The molecule has 1 amide bonds. The molecule has 1 aromatic rings. The van der Waals surface area contributed by atoms with Crippen molar-refractivity contribution in [3.63, 3.8) is 0 Å². The van der Waals surface area contributed by atoms with Crippen molar-refractivity contribution in [2.45, 2.75) is 39.0 Å². The number of amidine groups is 1. The predicted octanol–water partition coefficient (Wildman–Crippen LogP) is 3.21. The number of aryl methyl sites for hydroxylation is 1. The Labute approximate surface area is 145 Å². The predicted molar refractivity (Wildman–Crippen MR) is 94.6 cm³/mol. The monoisotopic (exact) mass is 344 g/mol. The first kappa shape index (κ1) is 16.8. The minimum atomic E-state index is -0.484. The first-order chi connectivity index (χ1) is 11.4. The molecule has 0 saturated carbocycles. The maximum absolute atomic E-state index is 12.7. The first-order valence-electron chi connectivity index (χ1n) is 7.97. The van der Waals surface area contributed by atoms with Crippen molar-refractivity contribution in [1.82, 2.24) is 4.90 Å². The molecule has 1 aromatic carbocycles. The molecule has 2 atom stereocenters. The minimum Gasteiger partial charge on any atom is -0.463 e. The molecule has 0 radical (unpaired) electrons. The number of ether oxygens (including phenoxy) is 1. The van der Waals surface area contributed by atoms with Gasteiger partial charge < -0.3 is 4.74 Å². The molecule has 5 nitrogen and oxygen atoms in total. The van der Waals surface area contributed by atoms with Gasteiger partial charge in [0.1, 0.15) is 0 Å². The molecule has 0 spiro atoms. The second kappa shape index (κ2) is 6.43. The summed E-state index contributed by atoms with van der Waals surface area (Å²) in [7, 11) is 0. The number of rotatable bonds is 3. The van der Waals surface area contributed by atoms with Crippen molar-refractivity contribution in [3.8, 4) is 0 Å². The van der Waals surface area contributed by atoms with Gasteiger partial charge in [0.2, 0.25) is 5.91 Å². The van der Waals surface area contributed by atoms with Gasteiger partial charge in [-0.1, -0.05) is 41.6 Å². The smallest absolute Gasteiger partial charge is 0.338 e. The average molecular weight is 344 g/mol. The molecule has 0 aliphatic carbocycles. The summed E-state index contributed by atoms with van der Waals surface area (Å²) in [6.45, 7) is 7.71. The summed E-state index contributed by atoms with van der Waals surface area (Å²) in [5.74, 6) is -0.445. The minimum absolute atomic E-state index is 0.0291. The van der Waals surface area contributed by atoms with E-state index in [-0.39, 0.29) is 17.8 Å². The molecule has 0 unspecified atom stereocenters. The number of esters is 1. The number of hydrogen-bond donors (Lipinski definition) is 0. The molecule has 2 heterocycles. The second-order valence-electron chi connectivity index (χ2n) is 5.90. The Balaban J connectivity index is 2.14. The molecule has 2 aliphatic rings. The van der Waals surface area contributed by atoms with Crippen molar-refractivity contribution >= 4 is 28.8 Å². The van der Waals surface area contributed by atoms with Gasteiger partial charge in [-0.25, -0.2) is 9.79 Å². The number of nitrogens with zero attached hydrogens (tertiary/aromatic N) is 2. The fourth-order valence-electron chi connectivity index (χ4n) is 2.94. The molecule has 0 bridgehead atoms. The molecule has 126 valence electrons. The fraction of sp³-hybridized carbons (Fsp3) is 0.389. The highest BCUT2D eigenvalue weighted by molar-refractivity contribution is 8.15. The Bertz CT molecular complexity index is 752. The molecular weight excluding hydrogens is 324 g/mol. The highest BCUT2D eigenvalue weighted by Crippen LogP contribution is 2.43. The molecule has 24 heavy (non-hydrogen) atoms. The number of allylic oxidation sites excluding steroid dienone is 1. The van der Waals surface area contributed by atoms with Gasteiger partial charge in [-0.05, 0) is 33.3 Å². The summed E-state index contributed by atoms with van der Waals surface area (Å²) in [5, 5.41) is 0.453. The molecule has 1 saturated heterocycles. The van der Waals surface area contributed by atoms with Gasteiger partial charge in [0, 0.05) is 0 Å². The Morgan fingerprint density at radius 1 is 1.29 bits per heavy atom. The summed E-state index contributed by atoms with van der Waals surface area (Å²) in [6, 6.07) is 7.39. The molecule has 6 heteroatoms. The lowest BCUT2D eigenvalue weighted by atomic mass is 9.93. The van der Waals surface area contributed by atoms with Crippen LogP contribution < -0.4 is 0 Å². The highest BCUT2D eigenvalue weighted by Gasteiger charge is 2.46. The Kier molecular flexibility index (Phi) is 4.49. The topological polar surface area (TPSA) is 59.0 Å². The molecular formula is C18H20N2O3S. The van der Waals surface area contributed by atoms with E-state index >= 15 is 0 Å². The summed E-state index contributed by atoms with van der Waals surface area (Å²) in [6.07, 6.45) is 0. The van der Waals surface area contributed by atoms with E-state index in [1.807, 2.05) is 38.1 Å². The zero-order valence-corrected chi connectivity index (χ0v) is 15.0. The van der Waals surface area contributed by atoms with E-state index in [9.17, 15) is 9.59 Å². The number of carbonyl (C=O) groups excluding carboxylic acids is 2. The number of carbonyl (C=O) groups is 2. The van der Waals surface area contributed by atoms with Gasteiger partial charge >= 0.3 is 5.97 Å². The lowest BCUT2D eigenvalue weighted by Crippen LogP contribution is -2.40. The third kappa shape index (κ3) is 2.75. The van der Waals surface area contributed by atoms with E-state index in [2.05, 4.69) is 4.99 Å². The van der Waals surface area contributed by atoms with Crippen LogP contribution in [0.25, 0.3) is 0 Å². The number of amides is 1. The van der Waals surface area contributed by atoms with Crippen LogP contribution in [-0.4, -0.2) is 33.8 Å². The van der Waals surface area contributed by atoms with Crippen LogP contribution >= 0.6 is 11.8 Å². The number of thioether (sulfide) groups is 1. The largest absolute Gasteiger partial charge is 0.463 e. The standard InChI is InChI=1S/C18H20N2O3S/c1-5-23-17(22)14-11(3)19-18-20(16(21)12(4)24-18)15(14)13-8-6-10(2)7-9-13/h6-9,12,15H,5H2,1-4H3/t12-,15-/m1/s1. The number of fused-ring (bicyclic) bond motifs is 1. The van der Waals surface area contributed by atoms with E-state index in [0.29, 0.717) is 16.4 Å². The third-order valence-corrected chi connectivity index (χ3v) is 5.20. The van der Waals surface area contributed by atoms with Crippen LogP contribution in [0.5, 0.6) is 0 Å². The lowest BCUT2D eigenvalue weighted by Gasteiger charge is -2.33. The van der Waals surface area contributed by atoms with Gasteiger partial charge in [0.25, 0.3) is 0 Å². The maximum Gasteiger partial charge on any atom is 0.338 e. The van der Waals surface area contributed by atoms with Crippen molar-refractivity contribution in [2.75, 3.05) is 6.61 Å². The number of benzene rings is 1. The fourth-order valence-corrected chi connectivity index (χ4v) is 3.97. The van der Waals surface area contributed by atoms with Crippen LogP contribution in [0.2, 0.25) is 0 Å². The Morgan fingerprint density at radius 2 is 1.96 bits per heavy atom. The van der Waals surface area contributed by atoms with Crippen molar-refractivity contribution in [3.05, 3.63) is 46.7 Å². The Hall–Kier alpha value is -2.08. The number of aliphatic imine (C=N–C) groups is 1. The van der Waals surface area contributed by atoms with Crippen LogP contribution in [0, 0.1) is 6.92 Å². The van der Waals surface area contributed by atoms with E-state index < -0.39 is 12.0 Å². The van der Waals surface area contributed by atoms with Crippen LogP contribution in [-0.2, 0) is 14.3 Å². The zero-order valence-electron chi connectivity index (χ0n) is 14.2. The SMILES string of the molecule is CCOC(=O)C1=C(C)N=C2S[C@H](C)C(=O)N2[C@@H]1c1ccc(C)cc1. The van der Waals surface area contributed by atoms with Gasteiger partial charge in [-0.15, -0.1) is 0 Å². The quantitative estimate of drug-likeness (QED) is 0.790. The van der Waals surface area contributed by atoms with Gasteiger partial charge in [-0.3, -0.25) is 9.69 Å². The van der Waals surface area contributed by atoms with Crippen molar-refractivity contribution < 1.29 is 14.3 Å². The van der Waals surface area contributed by atoms with Crippen LogP contribution in [0.3, 0.4) is 0 Å². The second-order valence-corrected chi connectivity index (χ2v) is 7.20. The van der Waals surface area contributed by atoms with Crippen LogP contribution in [0.1, 0.15) is 37.9 Å². The van der Waals surface area contributed by atoms with Gasteiger partial charge in [0.05, 0.1) is 29.2 Å². The van der Waals surface area contributed by atoms with E-state index in [0.717, 1.165) is 11.1 Å². The number of hydrogen-bond acceptors (Lipinski definition) is 5. The normalized spacial score (nSPS) is 23.2. The van der Waals surface area contributed by atoms with Crippen molar-refractivity contribution in [1.29, 1.82) is 0 Å². The van der Waals surface area contributed by atoms with Gasteiger partial charge in [0.15, 0.2) is 5.17 Å². The average Bonchev–Trinajstić information content (AvgIpc) is 2.81. The zero-order chi connectivity index (χ0) is 17.4. The maximum atomic E-state index is 12.7. The third-order valence-electron chi connectivity index (χ3n) is 4.15. The summed E-state index contributed by atoms with van der Waals surface area (Å²) in [5.41, 5.74) is 3.06. The summed E-state index contributed by atoms with van der Waals surface area (Å²) < 4.78 is 5.23. The summed E-state index contributed by atoms with van der Waals surface area (Å²) >= 11 is 1.43. The van der Waals surface area contributed by atoms with E-state index in [1.54, 1.807) is 18.7 Å². The van der Waals surface area contributed by atoms with Crippen LogP contribution in [0.4, 0.5) is 0 Å². The van der Waals surface area contributed by atoms with E-state index in [1.165, 1.54) is 11.8 Å².